The third-order valence-corrected chi connectivity index (χ3v) is 6.53. The van der Waals surface area contributed by atoms with Crippen LogP contribution in [0.5, 0.6) is 0 Å². The quantitative estimate of drug-likeness (QED) is 0.550. The maximum atomic E-state index is 11.7. The maximum Gasteiger partial charge on any atom is 0.0978 e. The highest BCUT2D eigenvalue weighted by molar-refractivity contribution is 5.23. The largest absolute Gasteiger partial charge is 1.00 e. The summed E-state index contributed by atoms with van der Waals surface area (Å²) >= 11 is 0. The van der Waals surface area contributed by atoms with E-state index in [9.17, 15) is 5.11 Å². The van der Waals surface area contributed by atoms with Crippen LogP contribution in [0.3, 0.4) is 0 Å². The minimum atomic E-state index is -0.648. The van der Waals surface area contributed by atoms with Crippen molar-refractivity contribution in [3.05, 3.63) is 35.9 Å². The molecule has 4 heteroatoms. The van der Waals surface area contributed by atoms with E-state index in [1.54, 1.807) is 0 Å². The molecule has 0 saturated heterocycles. The smallest absolute Gasteiger partial charge is 0.0978 e. The third kappa shape index (κ3) is 5.85. The summed E-state index contributed by atoms with van der Waals surface area (Å²) in [6, 6.07) is 10.5. The third-order valence-electron chi connectivity index (χ3n) is 6.53. The topological polar surface area (TPSA) is 20.2 Å². The summed E-state index contributed by atoms with van der Waals surface area (Å²) in [5.74, 6) is 0.422. The van der Waals surface area contributed by atoms with Crippen molar-refractivity contribution in [3.63, 3.8) is 0 Å². The summed E-state index contributed by atoms with van der Waals surface area (Å²) in [5, 5.41) is 11.7. The lowest BCUT2D eigenvalue weighted by atomic mass is 9.71. The van der Waals surface area contributed by atoms with Gasteiger partial charge in [0.05, 0.1) is 31.8 Å². The van der Waals surface area contributed by atoms with Crippen molar-refractivity contribution in [2.45, 2.75) is 64.9 Å². The number of rotatable bonds is 8. The summed E-state index contributed by atoms with van der Waals surface area (Å²) in [5.41, 5.74) is 0.485. The van der Waals surface area contributed by atoms with Gasteiger partial charge in [-0.2, -0.15) is 0 Å². The van der Waals surface area contributed by atoms with E-state index in [0.717, 1.165) is 42.6 Å². The van der Waals surface area contributed by atoms with Gasteiger partial charge >= 0.3 is 0 Å². The molecule has 0 spiro atoms. The SMILES string of the molecule is CC[N+](CC)(CC)CCC(O)(c1ccccc1)C1CCCCC1.[Cl-].[Cl-]. The standard InChI is InChI=1S/C21H36NO.2ClH/c1-4-22(5-2,6-3)18-17-21(23,19-13-9-7-10-14-19)20-15-11-8-12-16-20;;/h7,9-10,13-14,20,23H,4-6,8,11-12,15-18H2,1-3H3;2*1H/q+1;;/p-2. The second-order valence-corrected chi connectivity index (χ2v) is 7.39. The van der Waals surface area contributed by atoms with Crippen LogP contribution in [0.25, 0.3) is 0 Å². The van der Waals surface area contributed by atoms with Gasteiger partial charge in [0.1, 0.15) is 0 Å². The fourth-order valence-electron chi connectivity index (χ4n) is 4.44. The van der Waals surface area contributed by atoms with E-state index in [2.05, 4.69) is 51.1 Å². The molecule has 2 nitrogen and oxygen atoms in total. The van der Waals surface area contributed by atoms with Gasteiger partial charge in [0.2, 0.25) is 0 Å². The summed E-state index contributed by atoms with van der Waals surface area (Å²) in [6.07, 6.45) is 7.12. The number of hydrogen-bond acceptors (Lipinski definition) is 1. The Bertz CT molecular complexity index is 450. The molecule has 0 bridgehead atoms. The molecule has 0 radical (unpaired) electrons. The maximum absolute atomic E-state index is 11.7. The average Bonchev–Trinajstić information content (AvgIpc) is 2.64. The van der Waals surface area contributed by atoms with Crippen LogP contribution in [-0.2, 0) is 5.60 Å². The van der Waals surface area contributed by atoms with Gasteiger partial charge in [-0.1, -0.05) is 49.6 Å². The van der Waals surface area contributed by atoms with Crippen LogP contribution in [0, 0.1) is 5.92 Å². The molecule has 1 fully saturated rings. The van der Waals surface area contributed by atoms with E-state index in [4.69, 9.17) is 0 Å². The Morgan fingerprint density at radius 2 is 1.44 bits per heavy atom. The fraction of sp³-hybridized carbons (Fsp3) is 0.714. The van der Waals surface area contributed by atoms with E-state index >= 15 is 0 Å². The van der Waals surface area contributed by atoms with E-state index < -0.39 is 5.60 Å². The van der Waals surface area contributed by atoms with Crippen molar-refractivity contribution in [3.8, 4) is 0 Å². The highest BCUT2D eigenvalue weighted by Gasteiger charge is 2.40. The minimum Gasteiger partial charge on any atom is -1.00 e. The van der Waals surface area contributed by atoms with Gasteiger partial charge in [-0.3, -0.25) is 0 Å². The number of halogens is 2. The van der Waals surface area contributed by atoms with Crippen LogP contribution in [-0.4, -0.2) is 35.8 Å². The van der Waals surface area contributed by atoms with Crippen molar-refractivity contribution in [1.29, 1.82) is 0 Å². The summed E-state index contributed by atoms with van der Waals surface area (Å²) in [4.78, 5) is 0. The lowest BCUT2D eigenvalue weighted by Crippen LogP contribution is -3.00. The van der Waals surface area contributed by atoms with Crippen molar-refractivity contribution < 1.29 is 34.4 Å². The van der Waals surface area contributed by atoms with E-state index in [1.165, 1.54) is 32.1 Å². The Morgan fingerprint density at radius 3 is 1.92 bits per heavy atom. The zero-order valence-electron chi connectivity index (χ0n) is 16.2. The Morgan fingerprint density at radius 1 is 0.920 bits per heavy atom. The normalized spacial score (nSPS) is 17.9. The van der Waals surface area contributed by atoms with Gasteiger partial charge in [-0.25, -0.2) is 0 Å². The van der Waals surface area contributed by atoms with Crippen LogP contribution in [0.15, 0.2) is 30.3 Å². The monoisotopic (exact) mass is 388 g/mol. The zero-order valence-corrected chi connectivity index (χ0v) is 17.7. The van der Waals surface area contributed by atoms with Gasteiger partial charge in [-0.05, 0) is 45.1 Å². The van der Waals surface area contributed by atoms with Crippen LogP contribution in [0.4, 0.5) is 0 Å². The minimum absolute atomic E-state index is 0. The lowest BCUT2D eigenvalue weighted by Gasteiger charge is -2.43. The first-order chi connectivity index (χ1) is 11.1. The number of benzene rings is 1. The van der Waals surface area contributed by atoms with Gasteiger partial charge in [0.15, 0.2) is 0 Å². The Kier molecular flexibility index (Phi) is 11.3. The predicted molar refractivity (Wildman–Crippen MR) is 98.3 cm³/mol. The van der Waals surface area contributed by atoms with Crippen molar-refractivity contribution >= 4 is 0 Å². The second-order valence-electron chi connectivity index (χ2n) is 7.39. The van der Waals surface area contributed by atoms with Crippen LogP contribution < -0.4 is 24.8 Å². The molecule has 0 amide bonds. The predicted octanol–water partition coefficient (Wildman–Crippen LogP) is -1.27. The van der Waals surface area contributed by atoms with Gasteiger partial charge in [0, 0.05) is 6.42 Å². The molecule has 1 N–H and O–H groups in total. The molecular formula is C21H36Cl2NO-. The molecule has 1 aromatic carbocycles. The van der Waals surface area contributed by atoms with Gasteiger partial charge in [0.25, 0.3) is 0 Å². The number of hydrogen-bond donors (Lipinski definition) is 1. The molecule has 1 unspecified atom stereocenters. The summed E-state index contributed by atoms with van der Waals surface area (Å²) in [6.45, 7) is 11.4. The number of nitrogens with zero attached hydrogens (tertiary/aromatic N) is 1. The molecule has 25 heavy (non-hydrogen) atoms. The first-order valence-corrected chi connectivity index (χ1v) is 9.73. The molecule has 146 valence electrons. The second kappa shape index (κ2) is 11.4. The van der Waals surface area contributed by atoms with Gasteiger partial charge < -0.3 is 34.4 Å². The van der Waals surface area contributed by atoms with E-state index in [-0.39, 0.29) is 24.8 Å². The molecule has 0 aromatic heterocycles. The molecule has 2 rings (SSSR count). The molecule has 1 aliphatic carbocycles. The van der Waals surface area contributed by atoms with Crippen LogP contribution >= 0.6 is 0 Å². The molecule has 0 heterocycles. The van der Waals surface area contributed by atoms with Crippen molar-refractivity contribution in [2.75, 3.05) is 26.2 Å². The summed E-state index contributed by atoms with van der Waals surface area (Å²) < 4.78 is 1.11. The molecule has 1 atom stereocenters. The highest BCUT2D eigenvalue weighted by atomic mass is 35.5. The number of aliphatic hydroxyl groups is 1. The van der Waals surface area contributed by atoms with Crippen LogP contribution in [0.1, 0.15) is 64.9 Å². The lowest BCUT2D eigenvalue weighted by molar-refractivity contribution is -0.924. The molecule has 1 aromatic rings. The van der Waals surface area contributed by atoms with Crippen LogP contribution in [0.2, 0.25) is 0 Å². The van der Waals surface area contributed by atoms with Crippen molar-refractivity contribution in [1.82, 2.24) is 0 Å². The van der Waals surface area contributed by atoms with Crippen molar-refractivity contribution in [2.24, 2.45) is 5.92 Å². The summed E-state index contributed by atoms with van der Waals surface area (Å²) in [7, 11) is 0. The molecule has 1 aliphatic rings. The highest BCUT2D eigenvalue weighted by Crippen LogP contribution is 2.42. The first-order valence-electron chi connectivity index (χ1n) is 9.73. The zero-order chi connectivity index (χ0) is 16.8. The Labute approximate surface area is 167 Å². The van der Waals surface area contributed by atoms with E-state index in [1.807, 2.05) is 0 Å². The number of quaternary nitrogens is 1. The Hall–Kier alpha value is -0.280. The Balaban J connectivity index is 0.00000288. The molecular weight excluding hydrogens is 353 g/mol. The fourth-order valence-corrected chi connectivity index (χ4v) is 4.44. The first kappa shape index (κ1) is 24.7. The molecule has 0 aliphatic heterocycles. The van der Waals surface area contributed by atoms with Gasteiger partial charge in [-0.15, -0.1) is 0 Å². The molecule has 1 saturated carbocycles. The van der Waals surface area contributed by atoms with E-state index in [0.29, 0.717) is 5.92 Å². The average molecular weight is 389 g/mol.